The summed E-state index contributed by atoms with van der Waals surface area (Å²) >= 11 is 0. The Morgan fingerprint density at radius 3 is 2.46 bits per heavy atom. The molecule has 0 bridgehead atoms. The third-order valence-electron chi connectivity index (χ3n) is 5.38. The molecule has 1 N–H and O–H groups in total. The molecule has 1 saturated carbocycles. The SMILES string of the molecule is C[C@H](OC(=O)c1cccc(S(=O)(=O)N2CCCCC2)c1)C(=O)NC1CCCC1. The first-order valence-electron chi connectivity index (χ1n) is 9.99. The Morgan fingerprint density at radius 2 is 1.79 bits per heavy atom. The van der Waals surface area contributed by atoms with Crippen LogP contribution in [0.15, 0.2) is 29.2 Å². The molecule has 1 aliphatic heterocycles. The monoisotopic (exact) mass is 408 g/mol. The highest BCUT2D eigenvalue weighted by atomic mass is 32.2. The normalized spacial score (nSPS) is 19.9. The molecule has 1 atom stereocenters. The molecule has 8 heteroatoms. The van der Waals surface area contributed by atoms with Gasteiger partial charge in [-0.15, -0.1) is 0 Å². The lowest BCUT2D eigenvalue weighted by Gasteiger charge is -2.26. The lowest BCUT2D eigenvalue weighted by Crippen LogP contribution is -2.40. The number of nitrogens with zero attached hydrogens (tertiary/aromatic N) is 1. The van der Waals surface area contributed by atoms with E-state index in [1.165, 1.54) is 35.5 Å². The van der Waals surface area contributed by atoms with E-state index in [1.54, 1.807) is 0 Å². The van der Waals surface area contributed by atoms with Gasteiger partial charge in [0, 0.05) is 19.1 Å². The Morgan fingerprint density at radius 1 is 1.11 bits per heavy atom. The van der Waals surface area contributed by atoms with Crippen LogP contribution in [0.3, 0.4) is 0 Å². The fraction of sp³-hybridized carbons (Fsp3) is 0.600. The minimum atomic E-state index is -3.63. The molecule has 0 radical (unpaired) electrons. The first-order chi connectivity index (χ1) is 13.4. The Bertz CT molecular complexity index is 812. The van der Waals surface area contributed by atoms with Gasteiger partial charge in [-0.2, -0.15) is 4.31 Å². The molecule has 1 amide bonds. The second kappa shape index (κ2) is 9.05. The van der Waals surface area contributed by atoms with Crippen molar-refractivity contribution in [2.75, 3.05) is 13.1 Å². The van der Waals surface area contributed by atoms with Crippen molar-refractivity contribution in [2.24, 2.45) is 0 Å². The second-order valence-corrected chi connectivity index (χ2v) is 9.47. The molecule has 1 heterocycles. The van der Waals surface area contributed by atoms with Crippen LogP contribution in [0.25, 0.3) is 0 Å². The van der Waals surface area contributed by atoms with Crippen molar-refractivity contribution in [3.05, 3.63) is 29.8 Å². The van der Waals surface area contributed by atoms with Crippen LogP contribution >= 0.6 is 0 Å². The maximum atomic E-state index is 12.8. The van der Waals surface area contributed by atoms with Crippen LogP contribution in [0.5, 0.6) is 0 Å². The number of carbonyl (C=O) groups excluding carboxylic acids is 2. The van der Waals surface area contributed by atoms with E-state index in [0.29, 0.717) is 13.1 Å². The van der Waals surface area contributed by atoms with Crippen molar-refractivity contribution < 1.29 is 22.7 Å². The van der Waals surface area contributed by atoms with Gasteiger partial charge in [-0.25, -0.2) is 13.2 Å². The molecule has 1 saturated heterocycles. The number of amides is 1. The molecule has 2 aliphatic rings. The molecule has 3 rings (SSSR count). The molecule has 154 valence electrons. The first kappa shape index (κ1) is 20.8. The summed E-state index contributed by atoms with van der Waals surface area (Å²) in [5, 5.41) is 2.90. The van der Waals surface area contributed by atoms with E-state index >= 15 is 0 Å². The van der Waals surface area contributed by atoms with Gasteiger partial charge in [-0.05, 0) is 50.8 Å². The number of sulfonamides is 1. The highest BCUT2D eigenvalue weighted by Crippen LogP contribution is 2.22. The lowest BCUT2D eigenvalue weighted by atomic mass is 10.2. The molecule has 2 fully saturated rings. The van der Waals surface area contributed by atoms with Crippen LogP contribution in [-0.4, -0.2) is 49.8 Å². The van der Waals surface area contributed by atoms with Crippen molar-refractivity contribution in [1.82, 2.24) is 9.62 Å². The molecule has 1 aromatic carbocycles. The molecular formula is C20H28N2O5S. The van der Waals surface area contributed by atoms with E-state index in [4.69, 9.17) is 4.74 Å². The summed E-state index contributed by atoms with van der Waals surface area (Å²) in [6.07, 6.45) is 5.86. The third-order valence-corrected chi connectivity index (χ3v) is 7.27. The van der Waals surface area contributed by atoms with E-state index in [1.807, 2.05) is 0 Å². The van der Waals surface area contributed by atoms with Gasteiger partial charge in [0.05, 0.1) is 10.5 Å². The zero-order valence-electron chi connectivity index (χ0n) is 16.2. The van der Waals surface area contributed by atoms with Gasteiger partial charge in [0.1, 0.15) is 0 Å². The highest BCUT2D eigenvalue weighted by Gasteiger charge is 2.28. The predicted molar refractivity (Wildman–Crippen MR) is 104 cm³/mol. The second-order valence-electron chi connectivity index (χ2n) is 7.53. The van der Waals surface area contributed by atoms with Crippen molar-refractivity contribution >= 4 is 21.9 Å². The van der Waals surface area contributed by atoms with Crippen LogP contribution in [0.2, 0.25) is 0 Å². The molecule has 1 aliphatic carbocycles. The van der Waals surface area contributed by atoms with Crippen LogP contribution in [0, 0.1) is 0 Å². The van der Waals surface area contributed by atoms with Gasteiger partial charge in [0.25, 0.3) is 5.91 Å². The summed E-state index contributed by atoms with van der Waals surface area (Å²) < 4.78 is 32.3. The number of esters is 1. The van der Waals surface area contributed by atoms with Crippen LogP contribution < -0.4 is 5.32 Å². The van der Waals surface area contributed by atoms with Gasteiger partial charge < -0.3 is 10.1 Å². The topological polar surface area (TPSA) is 92.8 Å². The number of rotatable bonds is 6. The predicted octanol–water partition coefficient (Wildman–Crippen LogP) is 2.47. The molecular weight excluding hydrogens is 380 g/mol. The zero-order valence-corrected chi connectivity index (χ0v) is 17.0. The summed E-state index contributed by atoms with van der Waals surface area (Å²) in [6.45, 7) is 2.52. The number of ether oxygens (including phenoxy) is 1. The number of piperidine rings is 1. The quantitative estimate of drug-likeness (QED) is 0.730. The zero-order chi connectivity index (χ0) is 20.1. The number of carbonyl (C=O) groups is 2. The summed E-state index contributed by atoms with van der Waals surface area (Å²) in [7, 11) is -3.63. The van der Waals surface area contributed by atoms with Crippen molar-refractivity contribution in [2.45, 2.75) is 68.9 Å². The number of hydrogen-bond donors (Lipinski definition) is 1. The third kappa shape index (κ3) is 4.91. The minimum Gasteiger partial charge on any atom is -0.449 e. The van der Waals surface area contributed by atoms with E-state index in [9.17, 15) is 18.0 Å². The largest absolute Gasteiger partial charge is 0.449 e. The van der Waals surface area contributed by atoms with Crippen molar-refractivity contribution in [3.63, 3.8) is 0 Å². The van der Waals surface area contributed by atoms with Crippen LogP contribution in [0.4, 0.5) is 0 Å². The number of nitrogens with one attached hydrogen (secondary N) is 1. The van der Waals surface area contributed by atoms with Crippen LogP contribution in [-0.2, 0) is 19.6 Å². The van der Waals surface area contributed by atoms with Crippen LogP contribution in [0.1, 0.15) is 62.2 Å². The van der Waals surface area contributed by atoms with Gasteiger partial charge in [-0.3, -0.25) is 4.79 Å². The highest BCUT2D eigenvalue weighted by molar-refractivity contribution is 7.89. The molecule has 1 aromatic rings. The Hall–Kier alpha value is -1.93. The summed E-state index contributed by atoms with van der Waals surface area (Å²) in [5.74, 6) is -1.03. The Balaban J connectivity index is 1.65. The maximum absolute atomic E-state index is 12.8. The van der Waals surface area contributed by atoms with E-state index in [0.717, 1.165) is 44.9 Å². The molecule has 7 nitrogen and oxygen atoms in total. The van der Waals surface area contributed by atoms with E-state index in [-0.39, 0.29) is 22.4 Å². The first-order valence-corrected chi connectivity index (χ1v) is 11.4. The number of benzene rings is 1. The summed E-state index contributed by atoms with van der Waals surface area (Å²) in [5.41, 5.74) is 0.124. The summed E-state index contributed by atoms with van der Waals surface area (Å²) in [6, 6.07) is 5.98. The molecule has 0 unspecified atom stereocenters. The Kier molecular flexibility index (Phi) is 6.72. The van der Waals surface area contributed by atoms with Gasteiger partial charge >= 0.3 is 5.97 Å². The van der Waals surface area contributed by atoms with E-state index < -0.39 is 22.1 Å². The lowest BCUT2D eigenvalue weighted by molar-refractivity contribution is -0.129. The molecule has 28 heavy (non-hydrogen) atoms. The standard InChI is InChI=1S/C20H28N2O5S/c1-15(19(23)21-17-9-3-4-10-17)27-20(24)16-8-7-11-18(14-16)28(25,26)22-12-5-2-6-13-22/h7-8,11,14-15,17H,2-6,9-10,12-13H2,1H3,(H,21,23)/t15-/m0/s1. The molecule has 0 spiro atoms. The van der Waals surface area contributed by atoms with Crippen molar-refractivity contribution in [1.29, 1.82) is 0 Å². The fourth-order valence-electron chi connectivity index (χ4n) is 3.71. The van der Waals surface area contributed by atoms with Gasteiger partial charge in [-0.1, -0.05) is 25.3 Å². The minimum absolute atomic E-state index is 0.0758. The number of hydrogen-bond acceptors (Lipinski definition) is 5. The van der Waals surface area contributed by atoms with Gasteiger partial charge in [0.15, 0.2) is 6.10 Å². The smallest absolute Gasteiger partial charge is 0.338 e. The molecule has 0 aromatic heterocycles. The summed E-state index contributed by atoms with van der Waals surface area (Å²) in [4.78, 5) is 24.7. The fourth-order valence-corrected chi connectivity index (χ4v) is 5.27. The Labute approximate surface area is 166 Å². The average Bonchev–Trinajstić information content (AvgIpc) is 3.21. The van der Waals surface area contributed by atoms with Crippen molar-refractivity contribution in [3.8, 4) is 0 Å². The van der Waals surface area contributed by atoms with E-state index in [2.05, 4.69) is 5.32 Å². The maximum Gasteiger partial charge on any atom is 0.338 e. The average molecular weight is 409 g/mol. The van der Waals surface area contributed by atoms with Gasteiger partial charge in [0.2, 0.25) is 10.0 Å².